The van der Waals surface area contributed by atoms with E-state index in [1.807, 2.05) is 21.1 Å². The Morgan fingerprint density at radius 2 is 0.684 bits per heavy atom. The smallest absolute Gasteiger partial charge is 0.361 e. The summed E-state index contributed by atoms with van der Waals surface area (Å²) < 4.78 is 22.9. The summed E-state index contributed by atoms with van der Waals surface area (Å²) in [5.41, 5.74) is 0. The van der Waals surface area contributed by atoms with Crippen molar-refractivity contribution >= 4 is 17.9 Å². The molecule has 0 fully saturated rings. The third kappa shape index (κ3) is 63.0. The number of carboxylic acids is 1. The molecular weight excluding hydrogens is 983 g/mol. The minimum absolute atomic E-state index is 0.181. The number of ether oxygens (including phenoxy) is 4. The molecule has 79 heavy (non-hydrogen) atoms. The van der Waals surface area contributed by atoms with Gasteiger partial charge in [0.15, 0.2) is 6.10 Å². The lowest BCUT2D eigenvalue weighted by atomic mass is 10.0. The molecule has 9 heteroatoms. The van der Waals surface area contributed by atoms with Gasteiger partial charge in [0, 0.05) is 12.8 Å². The van der Waals surface area contributed by atoms with E-state index in [1.165, 1.54) is 250 Å². The number of nitrogens with zero attached hydrogens (tertiary/aromatic N) is 1. The highest BCUT2D eigenvalue weighted by atomic mass is 16.7. The van der Waals surface area contributed by atoms with Gasteiger partial charge in [-0.2, -0.15) is 0 Å². The molecule has 0 aliphatic rings. The van der Waals surface area contributed by atoms with Gasteiger partial charge in [-0.3, -0.25) is 9.59 Å². The normalized spacial score (nSPS) is 12.9. The second kappa shape index (κ2) is 61.6. The standard InChI is InChI=1S/C70H131NO8/c1-6-8-10-12-14-16-18-20-22-24-25-26-27-28-29-30-31-32-33-34-35-36-37-38-39-40-41-42-43-45-46-48-50-52-54-56-58-60-67(72)77-64-66(65-78-70(69(74)75)76-63-62-71(3,4)5)79-68(73)61-59-57-55-53-51-49-47-44-23-21-19-17-15-13-11-9-7-2/h15,17,21,23-25,66,70H,6-14,16,18-20,22,26-65H2,1-5H3/p+1/b17-15-,23-21-,25-24-. The number of allylic oxidation sites excluding steroid dienone is 6. The number of quaternary nitrogens is 1. The van der Waals surface area contributed by atoms with E-state index in [1.54, 1.807) is 0 Å². The molecule has 0 aromatic heterocycles. The maximum absolute atomic E-state index is 12.9. The van der Waals surface area contributed by atoms with E-state index >= 15 is 0 Å². The second-order valence-electron chi connectivity index (χ2n) is 24.5. The summed E-state index contributed by atoms with van der Waals surface area (Å²) in [6, 6.07) is 0. The number of hydrogen-bond acceptors (Lipinski definition) is 7. The molecule has 0 rings (SSSR count). The van der Waals surface area contributed by atoms with Gasteiger partial charge in [0.25, 0.3) is 6.29 Å². The van der Waals surface area contributed by atoms with Gasteiger partial charge in [0.05, 0.1) is 34.4 Å². The van der Waals surface area contributed by atoms with Crippen LogP contribution in [0.5, 0.6) is 0 Å². The van der Waals surface area contributed by atoms with Crippen LogP contribution in [-0.4, -0.2) is 87.4 Å². The van der Waals surface area contributed by atoms with Crippen LogP contribution in [0.25, 0.3) is 0 Å². The number of unbranched alkanes of at least 4 members (excludes halogenated alkanes) is 43. The van der Waals surface area contributed by atoms with Gasteiger partial charge >= 0.3 is 17.9 Å². The van der Waals surface area contributed by atoms with Gasteiger partial charge in [-0.15, -0.1) is 0 Å². The van der Waals surface area contributed by atoms with Gasteiger partial charge in [0.2, 0.25) is 0 Å². The van der Waals surface area contributed by atoms with Crippen LogP contribution in [0, 0.1) is 0 Å². The van der Waals surface area contributed by atoms with Crippen LogP contribution in [0.3, 0.4) is 0 Å². The summed E-state index contributed by atoms with van der Waals surface area (Å²) in [5, 5.41) is 9.72. The fraction of sp³-hybridized carbons (Fsp3) is 0.871. The molecule has 0 aromatic carbocycles. The van der Waals surface area contributed by atoms with E-state index in [4.69, 9.17) is 18.9 Å². The highest BCUT2D eigenvalue weighted by Gasteiger charge is 2.25. The summed E-state index contributed by atoms with van der Waals surface area (Å²) in [7, 11) is 5.98. The summed E-state index contributed by atoms with van der Waals surface area (Å²) in [6.07, 6.45) is 74.2. The van der Waals surface area contributed by atoms with E-state index in [-0.39, 0.29) is 32.2 Å². The molecule has 0 saturated heterocycles. The minimum atomic E-state index is -1.51. The van der Waals surface area contributed by atoms with Crippen molar-refractivity contribution in [1.82, 2.24) is 0 Å². The first-order valence-corrected chi connectivity index (χ1v) is 34.2. The average Bonchev–Trinajstić information content (AvgIpc) is 3.42. The van der Waals surface area contributed by atoms with Crippen molar-refractivity contribution in [3.05, 3.63) is 36.5 Å². The van der Waals surface area contributed by atoms with Crippen LogP contribution < -0.4 is 0 Å². The molecule has 0 aliphatic carbocycles. The Kier molecular flexibility index (Phi) is 59.6. The lowest BCUT2D eigenvalue weighted by Crippen LogP contribution is -2.40. The monoisotopic (exact) mass is 1110 g/mol. The van der Waals surface area contributed by atoms with Gasteiger partial charge in [-0.1, -0.05) is 288 Å². The van der Waals surface area contributed by atoms with Crippen molar-refractivity contribution in [2.24, 2.45) is 0 Å². The number of carboxylic acid groups (broad SMARTS) is 1. The Morgan fingerprint density at radius 3 is 1.04 bits per heavy atom. The minimum Gasteiger partial charge on any atom is -0.477 e. The highest BCUT2D eigenvalue weighted by molar-refractivity contribution is 5.71. The van der Waals surface area contributed by atoms with Crippen LogP contribution in [0.15, 0.2) is 36.5 Å². The SMILES string of the molecule is CCCCC/C=C\C/C=C\CCCCCCCCCC(=O)OC(COC(=O)CCCCCCCCCCCCCCCCCCCCCCCCCCC/C=C\CCCCCCCCCC)COC(OCC[N+](C)(C)C)C(=O)O. The van der Waals surface area contributed by atoms with E-state index in [9.17, 15) is 19.5 Å². The second-order valence-corrected chi connectivity index (χ2v) is 24.5. The van der Waals surface area contributed by atoms with Crippen molar-refractivity contribution in [2.75, 3.05) is 47.5 Å². The maximum atomic E-state index is 12.9. The molecule has 0 saturated carbocycles. The highest BCUT2D eigenvalue weighted by Crippen LogP contribution is 2.18. The molecule has 0 aliphatic heterocycles. The first-order chi connectivity index (χ1) is 38.6. The van der Waals surface area contributed by atoms with E-state index in [2.05, 4.69) is 50.3 Å². The van der Waals surface area contributed by atoms with Crippen LogP contribution in [0.1, 0.15) is 335 Å². The first-order valence-electron chi connectivity index (χ1n) is 34.2. The van der Waals surface area contributed by atoms with Crippen LogP contribution >= 0.6 is 0 Å². The molecule has 2 atom stereocenters. The zero-order valence-corrected chi connectivity index (χ0v) is 53.1. The van der Waals surface area contributed by atoms with Crippen LogP contribution in [-0.2, 0) is 33.3 Å². The van der Waals surface area contributed by atoms with Crippen molar-refractivity contribution in [1.29, 1.82) is 0 Å². The predicted octanol–water partition coefficient (Wildman–Crippen LogP) is 20.8. The average molecular weight is 1120 g/mol. The van der Waals surface area contributed by atoms with Gasteiger partial charge in [-0.25, -0.2) is 4.79 Å². The molecular formula is C70H132NO8+. The Labute approximate surface area is 490 Å². The number of carbonyl (C=O) groups is 3. The quantitative estimate of drug-likeness (QED) is 0.0211. The molecule has 464 valence electrons. The summed E-state index contributed by atoms with van der Waals surface area (Å²) >= 11 is 0. The lowest BCUT2D eigenvalue weighted by molar-refractivity contribution is -0.870. The summed E-state index contributed by atoms with van der Waals surface area (Å²) in [5.74, 6) is -2.00. The summed E-state index contributed by atoms with van der Waals surface area (Å²) in [4.78, 5) is 37.5. The molecule has 2 unspecified atom stereocenters. The Bertz CT molecular complexity index is 1390. The largest absolute Gasteiger partial charge is 0.477 e. The molecule has 0 radical (unpaired) electrons. The molecule has 0 bridgehead atoms. The summed E-state index contributed by atoms with van der Waals surface area (Å²) in [6.45, 7) is 4.89. The van der Waals surface area contributed by atoms with Gasteiger partial charge in [-0.05, 0) is 70.6 Å². The number of carbonyl (C=O) groups excluding carboxylic acids is 2. The van der Waals surface area contributed by atoms with Crippen LogP contribution in [0.4, 0.5) is 0 Å². The van der Waals surface area contributed by atoms with Gasteiger partial charge < -0.3 is 28.5 Å². The molecule has 0 aromatic rings. The molecule has 0 spiro atoms. The number of rotatable bonds is 64. The molecule has 0 heterocycles. The number of likely N-dealkylation sites (N-methyl/N-ethyl adjacent to an activating group) is 1. The number of aliphatic carboxylic acids is 1. The van der Waals surface area contributed by atoms with Gasteiger partial charge in [0.1, 0.15) is 13.2 Å². The molecule has 1 N–H and O–H groups in total. The van der Waals surface area contributed by atoms with Crippen molar-refractivity contribution in [3.8, 4) is 0 Å². The number of hydrogen-bond donors (Lipinski definition) is 1. The zero-order valence-electron chi connectivity index (χ0n) is 53.1. The fourth-order valence-corrected chi connectivity index (χ4v) is 10.1. The predicted molar refractivity (Wildman–Crippen MR) is 337 cm³/mol. The number of esters is 2. The maximum Gasteiger partial charge on any atom is 0.361 e. The molecule has 0 amide bonds. The first kappa shape index (κ1) is 76.5. The van der Waals surface area contributed by atoms with Crippen molar-refractivity contribution < 1.29 is 42.9 Å². The fourth-order valence-electron chi connectivity index (χ4n) is 10.1. The third-order valence-corrected chi connectivity index (χ3v) is 15.4. The Morgan fingerprint density at radius 1 is 0.380 bits per heavy atom. The topological polar surface area (TPSA) is 108 Å². The van der Waals surface area contributed by atoms with E-state index < -0.39 is 24.3 Å². The van der Waals surface area contributed by atoms with E-state index in [0.29, 0.717) is 23.9 Å². The third-order valence-electron chi connectivity index (χ3n) is 15.4. The zero-order chi connectivity index (χ0) is 57.6. The van der Waals surface area contributed by atoms with E-state index in [0.717, 1.165) is 51.4 Å². The lowest BCUT2D eigenvalue weighted by Gasteiger charge is -2.25. The Balaban J connectivity index is 3.96. The Hall–Kier alpha value is -2.49. The van der Waals surface area contributed by atoms with Crippen molar-refractivity contribution in [3.63, 3.8) is 0 Å². The molecule has 9 nitrogen and oxygen atoms in total. The van der Waals surface area contributed by atoms with Crippen molar-refractivity contribution in [2.45, 2.75) is 347 Å². The van der Waals surface area contributed by atoms with Crippen LogP contribution in [0.2, 0.25) is 0 Å².